The maximum Gasteiger partial charge on any atom is 0.0410 e. The Bertz CT molecular complexity index is 339. The molecule has 0 spiro atoms. The van der Waals surface area contributed by atoms with E-state index < -0.39 is 0 Å². The topological polar surface area (TPSA) is 26.0 Å². The molecule has 0 amide bonds. The normalized spacial score (nSPS) is 13.1. The van der Waals surface area contributed by atoms with Gasteiger partial charge in [0.1, 0.15) is 0 Å². The minimum absolute atomic E-state index is 0.102. The van der Waals surface area contributed by atoms with Crippen molar-refractivity contribution in [2.75, 3.05) is 0 Å². The van der Waals surface area contributed by atoms with Gasteiger partial charge in [-0.3, -0.25) is 0 Å². The smallest absolute Gasteiger partial charge is 0.0410 e. The quantitative estimate of drug-likeness (QED) is 0.778. The Morgan fingerprint density at radius 1 is 1.38 bits per heavy atom. The standard InChI is InChI=1S/C13H20ClNS/c1-4-5-12(15)11-8-10(14)6-7-13(11)16-9(2)3/h6-9,12H,4-5,15H2,1-3H3. The first kappa shape index (κ1) is 13.9. The van der Waals surface area contributed by atoms with Crippen LogP contribution in [0.2, 0.25) is 5.02 Å². The molecule has 2 N–H and O–H groups in total. The van der Waals surface area contributed by atoms with Gasteiger partial charge in [-0.2, -0.15) is 0 Å². The number of hydrogen-bond donors (Lipinski definition) is 1. The molecule has 0 bridgehead atoms. The summed E-state index contributed by atoms with van der Waals surface area (Å²) in [6, 6.07) is 6.13. The first-order valence-electron chi connectivity index (χ1n) is 5.76. The molecule has 1 nitrogen and oxygen atoms in total. The van der Waals surface area contributed by atoms with Crippen LogP contribution < -0.4 is 5.73 Å². The van der Waals surface area contributed by atoms with Gasteiger partial charge in [-0.25, -0.2) is 0 Å². The van der Waals surface area contributed by atoms with Gasteiger partial charge in [0, 0.05) is 21.2 Å². The summed E-state index contributed by atoms with van der Waals surface area (Å²) in [5.74, 6) is 0. The second-order valence-electron chi connectivity index (χ2n) is 4.24. The molecule has 1 aromatic rings. The van der Waals surface area contributed by atoms with E-state index in [1.165, 1.54) is 10.5 Å². The Morgan fingerprint density at radius 3 is 2.62 bits per heavy atom. The Labute approximate surface area is 108 Å². The molecule has 16 heavy (non-hydrogen) atoms. The van der Waals surface area contributed by atoms with Gasteiger partial charge in [0.15, 0.2) is 0 Å². The van der Waals surface area contributed by atoms with E-state index in [-0.39, 0.29) is 6.04 Å². The van der Waals surface area contributed by atoms with E-state index in [0.29, 0.717) is 5.25 Å². The number of benzene rings is 1. The van der Waals surface area contributed by atoms with Crippen molar-refractivity contribution in [3.63, 3.8) is 0 Å². The summed E-state index contributed by atoms with van der Waals surface area (Å²) in [6.07, 6.45) is 2.10. The summed E-state index contributed by atoms with van der Waals surface area (Å²) in [6.45, 7) is 6.53. The van der Waals surface area contributed by atoms with Crippen LogP contribution in [0, 0.1) is 0 Å². The summed E-state index contributed by atoms with van der Waals surface area (Å²) in [4.78, 5) is 1.26. The van der Waals surface area contributed by atoms with Crippen LogP contribution in [0.25, 0.3) is 0 Å². The number of hydrogen-bond acceptors (Lipinski definition) is 2. The largest absolute Gasteiger partial charge is 0.324 e. The predicted molar refractivity (Wildman–Crippen MR) is 74.3 cm³/mol. The van der Waals surface area contributed by atoms with Crippen molar-refractivity contribution >= 4 is 23.4 Å². The van der Waals surface area contributed by atoms with Crippen LogP contribution >= 0.6 is 23.4 Å². The highest BCUT2D eigenvalue weighted by molar-refractivity contribution is 8.00. The number of nitrogens with two attached hydrogens (primary N) is 1. The molecule has 90 valence electrons. The predicted octanol–water partition coefficient (Wildman–Crippen LogP) is 4.64. The molecule has 0 radical (unpaired) electrons. The first-order valence-corrected chi connectivity index (χ1v) is 7.02. The van der Waals surface area contributed by atoms with Crippen LogP contribution in [-0.2, 0) is 0 Å². The van der Waals surface area contributed by atoms with Crippen molar-refractivity contribution < 1.29 is 0 Å². The van der Waals surface area contributed by atoms with Gasteiger partial charge in [0.2, 0.25) is 0 Å². The minimum Gasteiger partial charge on any atom is -0.324 e. The fraction of sp³-hybridized carbons (Fsp3) is 0.538. The van der Waals surface area contributed by atoms with E-state index in [9.17, 15) is 0 Å². The fourth-order valence-electron chi connectivity index (χ4n) is 1.64. The lowest BCUT2D eigenvalue weighted by Crippen LogP contribution is -2.11. The zero-order valence-electron chi connectivity index (χ0n) is 10.2. The molecule has 0 aliphatic rings. The molecule has 0 fully saturated rings. The molecule has 1 aromatic carbocycles. The van der Waals surface area contributed by atoms with Crippen molar-refractivity contribution in [1.82, 2.24) is 0 Å². The van der Waals surface area contributed by atoms with E-state index in [2.05, 4.69) is 26.8 Å². The van der Waals surface area contributed by atoms with Gasteiger partial charge in [-0.1, -0.05) is 38.8 Å². The van der Waals surface area contributed by atoms with E-state index in [4.69, 9.17) is 17.3 Å². The second-order valence-corrected chi connectivity index (χ2v) is 6.30. The Hall–Kier alpha value is -0.180. The average molecular weight is 258 g/mol. The van der Waals surface area contributed by atoms with Gasteiger partial charge in [-0.15, -0.1) is 11.8 Å². The highest BCUT2D eigenvalue weighted by Gasteiger charge is 2.12. The van der Waals surface area contributed by atoms with Gasteiger partial charge < -0.3 is 5.73 Å². The van der Waals surface area contributed by atoms with Crippen molar-refractivity contribution in [2.45, 2.75) is 49.8 Å². The summed E-state index contributed by atoms with van der Waals surface area (Å²) >= 11 is 7.88. The molecule has 0 aliphatic heterocycles. The molecule has 0 saturated heterocycles. The molecular weight excluding hydrogens is 238 g/mol. The Balaban J connectivity index is 2.97. The maximum absolute atomic E-state index is 6.18. The van der Waals surface area contributed by atoms with Crippen LogP contribution in [0.5, 0.6) is 0 Å². The minimum atomic E-state index is 0.102. The molecule has 3 heteroatoms. The maximum atomic E-state index is 6.18. The molecule has 1 unspecified atom stereocenters. The Morgan fingerprint density at radius 2 is 2.06 bits per heavy atom. The zero-order valence-corrected chi connectivity index (χ0v) is 11.7. The molecule has 1 rings (SSSR count). The van der Waals surface area contributed by atoms with Crippen molar-refractivity contribution in [3.05, 3.63) is 28.8 Å². The van der Waals surface area contributed by atoms with Gasteiger partial charge >= 0.3 is 0 Å². The third kappa shape index (κ3) is 4.00. The van der Waals surface area contributed by atoms with Crippen LogP contribution in [0.3, 0.4) is 0 Å². The van der Waals surface area contributed by atoms with Crippen LogP contribution in [0.4, 0.5) is 0 Å². The third-order valence-electron chi connectivity index (χ3n) is 2.33. The lowest BCUT2D eigenvalue weighted by molar-refractivity contribution is 0.629. The van der Waals surface area contributed by atoms with E-state index in [1.807, 2.05) is 23.9 Å². The highest BCUT2D eigenvalue weighted by Crippen LogP contribution is 2.33. The molecule has 1 atom stereocenters. The Kier molecular flexibility index (Phi) is 5.67. The lowest BCUT2D eigenvalue weighted by atomic mass is 10.0. The molecule has 0 aromatic heterocycles. The van der Waals surface area contributed by atoms with Crippen LogP contribution in [-0.4, -0.2) is 5.25 Å². The van der Waals surface area contributed by atoms with E-state index in [1.54, 1.807) is 0 Å². The fourth-order valence-corrected chi connectivity index (χ4v) is 2.82. The van der Waals surface area contributed by atoms with E-state index >= 15 is 0 Å². The van der Waals surface area contributed by atoms with Crippen molar-refractivity contribution in [1.29, 1.82) is 0 Å². The van der Waals surface area contributed by atoms with Crippen molar-refractivity contribution in [3.8, 4) is 0 Å². The van der Waals surface area contributed by atoms with E-state index in [0.717, 1.165) is 17.9 Å². The molecule has 0 heterocycles. The van der Waals surface area contributed by atoms with Crippen LogP contribution in [0.1, 0.15) is 45.2 Å². The van der Waals surface area contributed by atoms with Gasteiger partial charge in [0.05, 0.1) is 0 Å². The zero-order chi connectivity index (χ0) is 12.1. The molecule has 0 saturated carbocycles. The van der Waals surface area contributed by atoms with Gasteiger partial charge in [0.25, 0.3) is 0 Å². The van der Waals surface area contributed by atoms with Gasteiger partial charge in [-0.05, 0) is 30.2 Å². The average Bonchev–Trinajstić information content (AvgIpc) is 2.20. The monoisotopic (exact) mass is 257 g/mol. The first-order chi connectivity index (χ1) is 7.54. The SMILES string of the molecule is CCCC(N)c1cc(Cl)ccc1SC(C)C. The summed E-state index contributed by atoms with van der Waals surface area (Å²) in [7, 11) is 0. The number of thioether (sulfide) groups is 1. The molecule has 0 aliphatic carbocycles. The molecular formula is C13H20ClNS. The lowest BCUT2D eigenvalue weighted by Gasteiger charge is -2.17. The van der Waals surface area contributed by atoms with Crippen molar-refractivity contribution in [2.24, 2.45) is 5.73 Å². The second kappa shape index (κ2) is 6.53. The summed E-state index contributed by atoms with van der Waals surface area (Å²) < 4.78 is 0. The summed E-state index contributed by atoms with van der Waals surface area (Å²) in [5.41, 5.74) is 7.37. The summed E-state index contributed by atoms with van der Waals surface area (Å²) in [5, 5.41) is 1.34. The highest BCUT2D eigenvalue weighted by atomic mass is 35.5. The number of halogens is 1. The van der Waals surface area contributed by atoms with Crippen LogP contribution in [0.15, 0.2) is 23.1 Å². The number of rotatable bonds is 5. The third-order valence-corrected chi connectivity index (χ3v) is 3.67.